The SMILES string of the molecule is CCN(CC)CCCCNc1ncc2cc(-c3c(Cl)c(OC)cc(OC)c3Cl)c(=O)n(CCc3ccc(N)cc3)c2n1. The van der Waals surface area contributed by atoms with Crippen LogP contribution in [-0.2, 0) is 13.0 Å². The van der Waals surface area contributed by atoms with Crippen molar-refractivity contribution in [3.05, 3.63) is 68.6 Å². The van der Waals surface area contributed by atoms with E-state index < -0.39 is 0 Å². The van der Waals surface area contributed by atoms with Crippen LogP contribution >= 0.6 is 23.2 Å². The Morgan fingerprint density at radius 3 is 2.29 bits per heavy atom. The third-order valence-corrected chi connectivity index (χ3v) is 8.10. The Morgan fingerprint density at radius 2 is 1.67 bits per heavy atom. The highest BCUT2D eigenvalue weighted by molar-refractivity contribution is 6.41. The number of ether oxygens (including phenoxy) is 2. The topological polar surface area (TPSA) is 108 Å². The van der Waals surface area contributed by atoms with E-state index in [2.05, 4.69) is 29.0 Å². The molecular formula is C31H38Cl2N6O3. The Labute approximate surface area is 256 Å². The van der Waals surface area contributed by atoms with Gasteiger partial charge in [0.05, 0.1) is 29.8 Å². The second-order valence-corrected chi connectivity index (χ2v) is 10.7. The normalized spacial score (nSPS) is 11.3. The zero-order valence-corrected chi connectivity index (χ0v) is 26.1. The average Bonchev–Trinajstić information content (AvgIpc) is 3.00. The van der Waals surface area contributed by atoms with Crippen LogP contribution < -0.4 is 26.1 Å². The van der Waals surface area contributed by atoms with Crippen molar-refractivity contribution in [1.29, 1.82) is 0 Å². The number of hydrogen-bond acceptors (Lipinski definition) is 8. The van der Waals surface area contributed by atoms with Gasteiger partial charge in [0.2, 0.25) is 5.95 Å². The number of benzene rings is 2. The molecule has 2 aromatic carbocycles. The van der Waals surface area contributed by atoms with Crippen LogP contribution in [0.1, 0.15) is 32.3 Å². The Hall–Kier alpha value is -3.53. The van der Waals surface area contributed by atoms with E-state index in [0.29, 0.717) is 58.3 Å². The Bertz CT molecular complexity index is 1540. The van der Waals surface area contributed by atoms with Crippen molar-refractivity contribution in [1.82, 2.24) is 19.4 Å². The smallest absolute Gasteiger partial charge is 0.260 e. The van der Waals surface area contributed by atoms with Crippen LogP contribution in [0.4, 0.5) is 11.6 Å². The van der Waals surface area contributed by atoms with Crippen molar-refractivity contribution in [2.45, 2.75) is 39.7 Å². The number of nitrogens with zero attached hydrogens (tertiary/aromatic N) is 4. The zero-order chi connectivity index (χ0) is 30.2. The first-order valence-corrected chi connectivity index (χ1v) is 14.9. The number of aromatic nitrogens is 3. The molecule has 3 N–H and O–H groups in total. The molecule has 0 amide bonds. The van der Waals surface area contributed by atoms with Crippen LogP contribution in [0.2, 0.25) is 10.0 Å². The molecule has 0 fully saturated rings. The van der Waals surface area contributed by atoms with Crippen LogP contribution in [0.25, 0.3) is 22.2 Å². The molecule has 0 aliphatic heterocycles. The van der Waals surface area contributed by atoms with Gasteiger partial charge in [-0.25, -0.2) is 4.98 Å². The Balaban J connectivity index is 1.74. The molecule has 0 saturated heterocycles. The van der Waals surface area contributed by atoms with Gasteiger partial charge in [-0.05, 0) is 62.7 Å². The summed E-state index contributed by atoms with van der Waals surface area (Å²) in [6.07, 6.45) is 4.35. The molecule has 0 saturated carbocycles. The van der Waals surface area contributed by atoms with Gasteiger partial charge in [-0.2, -0.15) is 4.98 Å². The van der Waals surface area contributed by atoms with Crippen molar-refractivity contribution in [3.8, 4) is 22.6 Å². The van der Waals surface area contributed by atoms with Crippen molar-refractivity contribution >= 4 is 45.9 Å². The molecule has 4 rings (SSSR count). The van der Waals surface area contributed by atoms with Gasteiger partial charge in [0, 0.05) is 42.0 Å². The van der Waals surface area contributed by atoms with Gasteiger partial charge in [-0.1, -0.05) is 49.2 Å². The summed E-state index contributed by atoms with van der Waals surface area (Å²) < 4.78 is 12.5. The summed E-state index contributed by atoms with van der Waals surface area (Å²) in [4.78, 5) is 25.9. The van der Waals surface area contributed by atoms with Crippen molar-refractivity contribution in [2.75, 3.05) is 51.4 Å². The lowest BCUT2D eigenvalue weighted by molar-refractivity contribution is 0.298. The van der Waals surface area contributed by atoms with Gasteiger partial charge >= 0.3 is 0 Å². The van der Waals surface area contributed by atoms with E-state index in [1.807, 2.05) is 24.3 Å². The maximum Gasteiger partial charge on any atom is 0.260 e. The third-order valence-electron chi connectivity index (χ3n) is 7.35. The summed E-state index contributed by atoms with van der Waals surface area (Å²) in [5, 5.41) is 4.42. The number of nitrogens with two attached hydrogens (primary N) is 1. The fourth-order valence-corrected chi connectivity index (χ4v) is 5.58. The van der Waals surface area contributed by atoms with Crippen LogP contribution in [-0.4, -0.2) is 59.8 Å². The molecule has 11 heteroatoms. The number of nitrogen functional groups attached to an aromatic ring is 1. The number of nitrogens with one attached hydrogen (secondary N) is 1. The minimum atomic E-state index is -0.291. The summed E-state index contributed by atoms with van der Waals surface area (Å²) in [5.41, 5.74) is 8.44. The zero-order valence-electron chi connectivity index (χ0n) is 24.5. The largest absolute Gasteiger partial charge is 0.495 e. The quantitative estimate of drug-likeness (QED) is 0.129. The standard InChI is InChI=1S/C31H38Cl2N6O3/c1-5-38(6-2)15-8-7-14-35-31-36-19-21-17-23(26-27(32)24(41-3)18-25(42-4)28(26)33)30(40)39(29(21)37-31)16-13-20-9-11-22(34)12-10-20/h9-12,17-19H,5-8,13-16,34H2,1-4H3,(H,35,36,37). The molecule has 2 heterocycles. The van der Waals surface area contributed by atoms with Crippen LogP contribution in [0.5, 0.6) is 11.5 Å². The molecule has 9 nitrogen and oxygen atoms in total. The second kappa shape index (κ2) is 14.6. The van der Waals surface area contributed by atoms with Gasteiger partial charge < -0.3 is 25.4 Å². The van der Waals surface area contributed by atoms with Crippen molar-refractivity contribution < 1.29 is 9.47 Å². The molecule has 42 heavy (non-hydrogen) atoms. The molecular weight excluding hydrogens is 575 g/mol. The van der Waals surface area contributed by atoms with Crippen molar-refractivity contribution in [3.63, 3.8) is 0 Å². The van der Waals surface area contributed by atoms with Gasteiger partial charge in [0.25, 0.3) is 5.56 Å². The number of anilines is 2. The fourth-order valence-electron chi connectivity index (χ4n) is 4.88. The van der Waals surface area contributed by atoms with E-state index in [-0.39, 0.29) is 15.6 Å². The van der Waals surface area contributed by atoms with E-state index in [4.69, 9.17) is 43.4 Å². The minimum absolute atomic E-state index is 0.216. The summed E-state index contributed by atoms with van der Waals surface area (Å²) >= 11 is 13.4. The van der Waals surface area contributed by atoms with Crippen LogP contribution in [0.15, 0.2) is 47.4 Å². The summed E-state index contributed by atoms with van der Waals surface area (Å²) in [5.74, 6) is 1.16. The highest BCUT2D eigenvalue weighted by atomic mass is 35.5. The maximum absolute atomic E-state index is 14.2. The second-order valence-electron chi connectivity index (χ2n) is 9.92. The van der Waals surface area contributed by atoms with Crippen LogP contribution in [0.3, 0.4) is 0 Å². The lowest BCUT2D eigenvalue weighted by Crippen LogP contribution is -2.25. The molecule has 0 aliphatic rings. The number of halogens is 2. The first-order valence-electron chi connectivity index (χ1n) is 14.1. The third kappa shape index (κ3) is 7.09. The van der Waals surface area contributed by atoms with Gasteiger partial charge in [0.1, 0.15) is 17.1 Å². The van der Waals surface area contributed by atoms with Crippen molar-refractivity contribution in [2.24, 2.45) is 0 Å². The highest BCUT2D eigenvalue weighted by Gasteiger charge is 2.23. The number of fused-ring (bicyclic) bond motifs is 1. The van der Waals surface area contributed by atoms with E-state index >= 15 is 0 Å². The summed E-state index contributed by atoms with van der Waals surface area (Å²) in [6, 6.07) is 10.9. The molecule has 4 aromatic rings. The minimum Gasteiger partial charge on any atom is -0.495 e. The summed E-state index contributed by atoms with van der Waals surface area (Å²) in [6.45, 7) is 8.60. The predicted octanol–water partition coefficient (Wildman–Crippen LogP) is 6.14. The fraction of sp³-hybridized carbons (Fsp3) is 0.387. The number of rotatable bonds is 14. The first-order chi connectivity index (χ1) is 20.3. The first kappa shape index (κ1) is 31.4. The number of aryl methyl sites for hydroxylation is 2. The molecule has 0 radical (unpaired) electrons. The maximum atomic E-state index is 14.2. The lowest BCUT2D eigenvalue weighted by Gasteiger charge is -2.18. The number of pyridine rings is 1. The van der Waals surface area contributed by atoms with Gasteiger partial charge in [-0.3, -0.25) is 9.36 Å². The number of hydrogen-bond donors (Lipinski definition) is 2. The van der Waals surface area contributed by atoms with E-state index in [1.54, 1.807) is 22.9 Å². The monoisotopic (exact) mass is 612 g/mol. The molecule has 0 aliphatic carbocycles. The molecule has 224 valence electrons. The lowest BCUT2D eigenvalue weighted by atomic mass is 10.0. The Morgan fingerprint density at radius 1 is 1.00 bits per heavy atom. The van der Waals surface area contributed by atoms with Crippen LogP contribution in [0, 0.1) is 0 Å². The molecule has 0 atom stereocenters. The van der Waals surface area contributed by atoms with E-state index in [0.717, 1.165) is 44.6 Å². The molecule has 0 spiro atoms. The van der Waals surface area contributed by atoms with E-state index in [1.165, 1.54) is 14.2 Å². The summed E-state index contributed by atoms with van der Waals surface area (Å²) in [7, 11) is 2.99. The van der Waals surface area contributed by atoms with E-state index in [9.17, 15) is 4.79 Å². The predicted molar refractivity (Wildman–Crippen MR) is 172 cm³/mol. The highest BCUT2D eigenvalue weighted by Crippen LogP contribution is 2.45. The van der Waals surface area contributed by atoms with Gasteiger partial charge in [-0.15, -0.1) is 0 Å². The average molecular weight is 614 g/mol. The van der Waals surface area contributed by atoms with Gasteiger partial charge in [0.15, 0.2) is 0 Å². The molecule has 0 bridgehead atoms. The molecule has 0 unspecified atom stereocenters. The number of methoxy groups -OCH3 is 2. The molecule has 2 aromatic heterocycles. The number of unbranched alkanes of at least 4 members (excludes halogenated alkanes) is 1. The Kier molecular flexibility index (Phi) is 10.9.